The van der Waals surface area contributed by atoms with Gasteiger partial charge in [-0.1, -0.05) is 42.3 Å². The molecule has 9 heteroatoms. The van der Waals surface area contributed by atoms with Gasteiger partial charge in [0.15, 0.2) is 5.78 Å². The summed E-state index contributed by atoms with van der Waals surface area (Å²) in [5, 5.41) is 3.99. The molecule has 4 rings (SSSR count). The van der Waals surface area contributed by atoms with Gasteiger partial charge in [0.1, 0.15) is 0 Å². The van der Waals surface area contributed by atoms with E-state index in [1.807, 2.05) is 24.3 Å². The van der Waals surface area contributed by atoms with E-state index in [0.717, 1.165) is 37.9 Å². The number of Topliss-reactive ketones (excluding diaryl/α,β-unsaturated/α-hetero) is 1. The predicted molar refractivity (Wildman–Crippen MR) is 133 cm³/mol. The number of carbonyl (C=O) groups is 1. The van der Waals surface area contributed by atoms with E-state index in [4.69, 9.17) is 16.3 Å². The van der Waals surface area contributed by atoms with Gasteiger partial charge in [-0.25, -0.2) is 8.42 Å². The Hall–Kier alpha value is -1.81. The van der Waals surface area contributed by atoms with Crippen LogP contribution in [0.25, 0.3) is 0 Å². The molecule has 0 aromatic heterocycles. The molecule has 2 heterocycles. The largest absolute Gasteiger partial charge is 0.379 e. The Balaban J connectivity index is 1.36. The Kier molecular flexibility index (Phi) is 8.74. The summed E-state index contributed by atoms with van der Waals surface area (Å²) in [5.41, 5.74) is 1.64. The molecule has 1 unspecified atom stereocenters. The standard InChI is InChI=1S/C25H32ClN3O4S/c26-22-8-4-20(5-9-22)24(28-14-16-33-17-15-28)18-27-19-25(30)21-6-10-23(11-7-21)34(31,32)29-12-2-1-3-13-29/h4-11,24,27H,1-3,12-19H2. The summed E-state index contributed by atoms with van der Waals surface area (Å²) in [6.45, 7) is 4.94. The van der Waals surface area contributed by atoms with Crippen LogP contribution in [0.2, 0.25) is 5.02 Å². The van der Waals surface area contributed by atoms with Crippen LogP contribution in [0.4, 0.5) is 0 Å². The van der Waals surface area contributed by atoms with Crippen LogP contribution in [0.1, 0.15) is 41.2 Å². The van der Waals surface area contributed by atoms with Crippen LogP contribution in [0.5, 0.6) is 0 Å². The van der Waals surface area contributed by atoms with E-state index in [1.165, 1.54) is 4.31 Å². The number of rotatable bonds is 9. The molecule has 0 radical (unpaired) electrons. The molecule has 2 fully saturated rings. The van der Waals surface area contributed by atoms with Gasteiger partial charge in [-0.15, -0.1) is 0 Å². The number of nitrogens with zero attached hydrogens (tertiary/aromatic N) is 2. The van der Waals surface area contributed by atoms with Crippen molar-refractivity contribution in [3.63, 3.8) is 0 Å². The molecule has 184 valence electrons. The number of sulfonamides is 1. The van der Waals surface area contributed by atoms with E-state index in [0.29, 0.717) is 43.4 Å². The van der Waals surface area contributed by atoms with Crippen LogP contribution in [0.15, 0.2) is 53.4 Å². The summed E-state index contributed by atoms with van der Waals surface area (Å²) in [6, 6.07) is 14.2. The molecule has 0 spiro atoms. The quantitative estimate of drug-likeness (QED) is 0.526. The molecule has 2 aliphatic heterocycles. The summed E-state index contributed by atoms with van der Waals surface area (Å²) in [6.07, 6.45) is 2.85. The van der Waals surface area contributed by atoms with E-state index in [1.54, 1.807) is 24.3 Å². The van der Waals surface area contributed by atoms with Gasteiger partial charge in [-0.3, -0.25) is 9.69 Å². The third kappa shape index (κ3) is 6.24. The highest BCUT2D eigenvalue weighted by Crippen LogP contribution is 2.24. The van der Waals surface area contributed by atoms with Crippen LogP contribution < -0.4 is 5.32 Å². The lowest BCUT2D eigenvalue weighted by molar-refractivity contribution is 0.0162. The van der Waals surface area contributed by atoms with Crippen LogP contribution in [-0.2, 0) is 14.8 Å². The van der Waals surface area contributed by atoms with Gasteiger partial charge in [0.2, 0.25) is 10.0 Å². The minimum atomic E-state index is -3.50. The zero-order valence-electron chi connectivity index (χ0n) is 19.3. The van der Waals surface area contributed by atoms with Crippen LogP contribution in [-0.4, -0.2) is 75.9 Å². The summed E-state index contributed by atoms with van der Waals surface area (Å²) in [4.78, 5) is 15.4. The Morgan fingerprint density at radius 3 is 2.24 bits per heavy atom. The number of nitrogens with one attached hydrogen (secondary N) is 1. The minimum Gasteiger partial charge on any atom is -0.379 e. The molecular formula is C25H32ClN3O4S. The highest BCUT2D eigenvalue weighted by atomic mass is 35.5. The zero-order valence-corrected chi connectivity index (χ0v) is 20.9. The summed E-state index contributed by atoms with van der Waals surface area (Å²) in [7, 11) is -3.50. The van der Waals surface area contributed by atoms with Crippen molar-refractivity contribution in [1.29, 1.82) is 0 Å². The zero-order chi connectivity index (χ0) is 24.0. The first kappa shape index (κ1) is 25.3. The van der Waals surface area contributed by atoms with Crippen molar-refractivity contribution in [2.75, 3.05) is 52.5 Å². The van der Waals surface area contributed by atoms with E-state index < -0.39 is 10.0 Å². The molecule has 7 nitrogen and oxygen atoms in total. The van der Waals surface area contributed by atoms with Crippen LogP contribution in [0.3, 0.4) is 0 Å². The number of ether oxygens (including phenoxy) is 1. The third-order valence-electron chi connectivity index (χ3n) is 6.49. The van der Waals surface area contributed by atoms with E-state index in [-0.39, 0.29) is 23.3 Å². The fourth-order valence-corrected chi connectivity index (χ4v) is 6.17. The first-order valence-electron chi connectivity index (χ1n) is 11.9. The molecule has 1 atom stereocenters. The Labute approximate surface area is 207 Å². The summed E-state index contributed by atoms with van der Waals surface area (Å²) < 4.78 is 32.7. The van der Waals surface area contributed by atoms with Gasteiger partial charge in [0, 0.05) is 49.4 Å². The summed E-state index contributed by atoms with van der Waals surface area (Å²) >= 11 is 6.06. The topological polar surface area (TPSA) is 79.0 Å². The lowest BCUT2D eigenvalue weighted by atomic mass is 10.0. The normalized spacial score (nSPS) is 19.1. The molecule has 2 saturated heterocycles. The number of hydrogen-bond donors (Lipinski definition) is 1. The Morgan fingerprint density at radius 2 is 1.59 bits per heavy atom. The second-order valence-corrected chi connectivity index (χ2v) is 11.1. The number of carbonyl (C=O) groups excluding carboxylic acids is 1. The van der Waals surface area contributed by atoms with Crippen molar-refractivity contribution in [2.24, 2.45) is 0 Å². The average Bonchev–Trinajstić information content (AvgIpc) is 2.88. The SMILES string of the molecule is O=C(CNCC(c1ccc(Cl)cc1)N1CCOCC1)c1ccc(S(=O)(=O)N2CCCCC2)cc1. The fraction of sp³-hybridized carbons (Fsp3) is 0.480. The van der Waals surface area contributed by atoms with Gasteiger partial charge in [0.05, 0.1) is 24.7 Å². The second-order valence-electron chi connectivity index (χ2n) is 8.76. The Morgan fingerprint density at radius 1 is 0.941 bits per heavy atom. The molecular weight excluding hydrogens is 474 g/mol. The number of ketones is 1. The number of halogens is 1. The highest BCUT2D eigenvalue weighted by molar-refractivity contribution is 7.89. The molecule has 2 aromatic rings. The first-order valence-corrected chi connectivity index (χ1v) is 13.7. The monoisotopic (exact) mass is 505 g/mol. The maximum absolute atomic E-state index is 12.8. The molecule has 2 aromatic carbocycles. The number of morpholine rings is 1. The third-order valence-corrected chi connectivity index (χ3v) is 8.66. The van der Waals surface area contributed by atoms with Crippen molar-refractivity contribution in [1.82, 2.24) is 14.5 Å². The van der Waals surface area contributed by atoms with Gasteiger partial charge < -0.3 is 10.1 Å². The highest BCUT2D eigenvalue weighted by Gasteiger charge is 2.26. The smallest absolute Gasteiger partial charge is 0.243 e. The molecule has 2 aliphatic rings. The number of benzene rings is 2. The molecule has 1 N–H and O–H groups in total. The average molecular weight is 506 g/mol. The maximum atomic E-state index is 12.8. The van der Waals surface area contributed by atoms with Crippen molar-refractivity contribution >= 4 is 27.4 Å². The molecule has 0 amide bonds. The molecule has 34 heavy (non-hydrogen) atoms. The van der Waals surface area contributed by atoms with E-state index >= 15 is 0 Å². The molecule has 0 bridgehead atoms. The lowest BCUT2D eigenvalue weighted by Gasteiger charge is -2.35. The number of hydrogen-bond acceptors (Lipinski definition) is 6. The minimum absolute atomic E-state index is 0.0706. The van der Waals surface area contributed by atoms with Crippen molar-refractivity contribution in [2.45, 2.75) is 30.2 Å². The lowest BCUT2D eigenvalue weighted by Crippen LogP contribution is -2.43. The van der Waals surface area contributed by atoms with Crippen LogP contribution >= 0.6 is 11.6 Å². The van der Waals surface area contributed by atoms with Gasteiger partial charge >= 0.3 is 0 Å². The van der Waals surface area contributed by atoms with E-state index in [2.05, 4.69) is 10.2 Å². The second kappa shape index (κ2) is 11.7. The maximum Gasteiger partial charge on any atom is 0.243 e. The number of piperidine rings is 1. The van der Waals surface area contributed by atoms with Crippen molar-refractivity contribution < 1.29 is 17.9 Å². The Bertz CT molecular complexity index is 1050. The predicted octanol–water partition coefficient (Wildman–Crippen LogP) is 3.36. The van der Waals surface area contributed by atoms with Crippen LogP contribution in [0, 0.1) is 0 Å². The van der Waals surface area contributed by atoms with Crippen molar-refractivity contribution in [3.8, 4) is 0 Å². The van der Waals surface area contributed by atoms with Gasteiger partial charge in [-0.2, -0.15) is 4.31 Å². The van der Waals surface area contributed by atoms with Crippen molar-refractivity contribution in [3.05, 3.63) is 64.7 Å². The first-order chi connectivity index (χ1) is 16.4. The summed E-state index contributed by atoms with van der Waals surface area (Å²) in [5.74, 6) is -0.0706. The molecule has 0 aliphatic carbocycles. The molecule has 0 saturated carbocycles. The van der Waals surface area contributed by atoms with E-state index in [9.17, 15) is 13.2 Å². The van der Waals surface area contributed by atoms with Gasteiger partial charge in [-0.05, 0) is 42.7 Å². The fourth-order valence-electron chi connectivity index (χ4n) is 4.52. The van der Waals surface area contributed by atoms with Gasteiger partial charge in [0.25, 0.3) is 0 Å².